The van der Waals surface area contributed by atoms with Gasteiger partial charge < -0.3 is 24.6 Å². The van der Waals surface area contributed by atoms with Crippen molar-refractivity contribution in [3.63, 3.8) is 0 Å². The van der Waals surface area contributed by atoms with Crippen LogP contribution in [0.4, 0.5) is 17.2 Å². The molecule has 0 fully saturated rings. The number of aliphatic hydroxyl groups excluding tert-OH is 1. The van der Waals surface area contributed by atoms with Crippen molar-refractivity contribution in [3.05, 3.63) is 53.8 Å². The number of nitrogens with zero attached hydrogens (tertiary/aromatic N) is 6. The quantitative estimate of drug-likeness (QED) is 0.473. The zero-order valence-corrected chi connectivity index (χ0v) is 17.5. The van der Waals surface area contributed by atoms with E-state index < -0.39 is 0 Å². The van der Waals surface area contributed by atoms with Gasteiger partial charge in [0.25, 0.3) is 0 Å². The van der Waals surface area contributed by atoms with Gasteiger partial charge in [-0.25, -0.2) is 19.9 Å². The highest BCUT2D eigenvalue weighted by Crippen LogP contribution is 2.37. The van der Waals surface area contributed by atoms with Crippen LogP contribution in [0, 0.1) is 0 Å². The Hall–Kier alpha value is -3.43. The third kappa shape index (κ3) is 3.62. The second kappa shape index (κ2) is 8.01. The summed E-state index contributed by atoms with van der Waals surface area (Å²) in [5.74, 6) is 1.62. The topological polar surface area (TPSA) is 101 Å². The molecule has 0 atom stereocenters. The Bertz CT molecular complexity index is 1260. The van der Waals surface area contributed by atoms with E-state index in [2.05, 4.69) is 30.2 Å². The Kier molecular flexibility index (Phi) is 5.05. The second-order valence-corrected chi connectivity index (χ2v) is 7.60. The number of benzene rings is 1. The fraction of sp³-hybridized carbons (Fsp3) is 0.238. The molecule has 0 saturated heterocycles. The number of rotatable bonds is 6. The summed E-state index contributed by atoms with van der Waals surface area (Å²) >= 11 is 6.51. The van der Waals surface area contributed by atoms with Crippen molar-refractivity contribution in [1.29, 1.82) is 0 Å². The molecule has 1 aliphatic heterocycles. The van der Waals surface area contributed by atoms with Gasteiger partial charge in [0, 0.05) is 38.4 Å². The molecule has 0 unspecified atom stereocenters. The summed E-state index contributed by atoms with van der Waals surface area (Å²) in [6, 6.07) is 7.33. The van der Waals surface area contributed by atoms with E-state index in [0.29, 0.717) is 29.0 Å². The van der Waals surface area contributed by atoms with E-state index in [1.54, 1.807) is 18.5 Å². The first-order chi connectivity index (χ1) is 15.1. The molecule has 0 bridgehead atoms. The minimum Gasteiger partial charge on any atom is -0.437 e. The maximum absolute atomic E-state index is 9.34. The number of β-amino-alcohol motifs (C(OH)–C–C–N with tert-alkyl or cyclic N) is 1. The summed E-state index contributed by atoms with van der Waals surface area (Å²) in [6.45, 7) is 1.42. The van der Waals surface area contributed by atoms with Gasteiger partial charge in [-0.15, -0.1) is 0 Å². The van der Waals surface area contributed by atoms with E-state index in [4.69, 9.17) is 16.3 Å². The zero-order chi connectivity index (χ0) is 21.4. The molecule has 4 heterocycles. The third-order valence-electron chi connectivity index (χ3n) is 5.23. The number of anilines is 3. The van der Waals surface area contributed by atoms with Crippen molar-refractivity contribution in [2.45, 2.75) is 6.42 Å². The highest BCUT2D eigenvalue weighted by molar-refractivity contribution is 6.32. The number of aryl methyl sites for hydroxylation is 1. The first kappa shape index (κ1) is 19.5. The van der Waals surface area contributed by atoms with Crippen LogP contribution in [0.3, 0.4) is 0 Å². The lowest BCUT2D eigenvalue weighted by atomic mass is 10.2. The molecule has 4 aromatic rings. The molecule has 10 heteroatoms. The molecule has 31 heavy (non-hydrogen) atoms. The van der Waals surface area contributed by atoms with Gasteiger partial charge in [-0.2, -0.15) is 0 Å². The average Bonchev–Trinajstić information content (AvgIpc) is 3.36. The highest BCUT2D eigenvalue weighted by Gasteiger charge is 2.24. The van der Waals surface area contributed by atoms with Gasteiger partial charge in [-0.05, 0) is 24.3 Å². The van der Waals surface area contributed by atoms with Crippen molar-refractivity contribution in [3.8, 4) is 11.6 Å². The molecule has 0 radical (unpaired) electrons. The number of aliphatic hydroxyl groups is 1. The molecule has 0 spiro atoms. The number of hydrogen-bond acceptors (Lipinski definition) is 8. The first-order valence-corrected chi connectivity index (χ1v) is 10.2. The van der Waals surface area contributed by atoms with Gasteiger partial charge in [0.15, 0.2) is 5.82 Å². The van der Waals surface area contributed by atoms with Crippen LogP contribution < -0.4 is 15.0 Å². The van der Waals surface area contributed by atoms with Crippen LogP contribution >= 0.6 is 11.6 Å². The van der Waals surface area contributed by atoms with Crippen LogP contribution in [0.2, 0.25) is 5.02 Å². The van der Waals surface area contributed by atoms with E-state index in [0.717, 1.165) is 41.1 Å². The van der Waals surface area contributed by atoms with E-state index >= 15 is 0 Å². The van der Waals surface area contributed by atoms with Crippen LogP contribution in [0.25, 0.3) is 11.0 Å². The van der Waals surface area contributed by atoms with Gasteiger partial charge >= 0.3 is 0 Å². The Balaban J connectivity index is 1.40. The summed E-state index contributed by atoms with van der Waals surface area (Å²) in [5, 5.41) is 13.9. The Morgan fingerprint density at radius 3 is 2.87 bits per heavy atom. The maximum atomic E-state index is 9.34. The first-order valence-electron chi connectivity index (χ1n) is 9.84. The lowest BCUT2D eigenvalue weighted by Gasteiger charge is -2.20. The fourth-order valence-corrected chi connectivity index (χ4v) is 3.98. The van der Waals surface area contributed by atoms with Crippen molar-refractivity contribution < 1.29 is 9.84 Å². The molecule has 1 aromatic carbocycles. The van der Waals surface area contributed by atoms with Gasteiger partial charge in [0.05, 0.1) is 22.7 Å². The summed E-state index contributed by atoms with van der Waals surface area (Å²) in [7, 11) is 1.91. The number of ether oxygens (including phenoxy) is 1. The molecule has 0 amide bonds. The molecule has 5 rings (SSSR count). The largest absolute Gasteiger partial charge is 0.437 e. The lowest BCUT2D eigenvalue weighted by Crippen LogP contribution is -2.25. The van der Waals surface area contributed by atoms with Crippen molar-refractivity contribution in [2.24, 2.45) is 7.05 Å². The van der Waals surface area contributed by atoms with Crippen molar-refractivity contribution in [2.75, 3.05) is 29.9 Å². The summed E-state index contributed by atoms with van der Waals surface area (Å²) < 4.78 is 7.88. The monoisotopic (exact) mass is 437 g/mol. The summed E-state index contributed by atoms with van der Waals surface area (Å²) in [5.41, 5.74) is 3.43. The second-order valence-electron chi connectivity index (χ2n) is 7.19. The Morgan fingerprint density at radius 1 is 1.16 bits per heavy atom. The molecule has 0 aliphatic carbocycles. The van der Waals surface area contributed by atoms with Crippen LogP contribution in [-0.2, 0) is 13.5 Å². The average molecular weight is 438 g/mol. The third-order valence-corrected chi connectivity index (χ3v) is 5.52. The van der Waals surface area contributed by atoms with E-state index in [1.165, 1.54) is 6.33 Å². The van der Waals surface area contributed by atoms with Crippen LogP contribution in [0.15, 0.2) is 43.1 Å². The maximum Gasteiger partial charge on any atom is 0.231 e. The normalized spacial score (nSPS) is 12.9. The SMILES string of the molecule is Cn1ccc2c(Oc3ccc(Nc4ncnc5c4N(CCO)CC5)cc3Cl)ncnc21. The Labute approximate surface area is 183 Å². The van der Waals surface area contributed by atoms with Gasteiger partial charge in [0.2, 0.25) is 5.88 Å². The van der Waals surface area contributed by atoms with Crippen molar-refractivity contribution >= 4 is 39.8 Å². The predicted molar refractivity (Wildman–Crippen MR) is 118 cm³/mol. The lowest BCUT2D eigenvalue weighted by molar-refractivity contribution is 0.303. The number of hydrogen-bond donors (Lipinski definition) is 2. The van der Waals surface area contributed by atoms with E-state index in [1.807, 2.05) is 29.9 Å². The van der Waals surface area contributed by atoms with Crippen LogP contribution in [-0.4, -0.2) is 49.3 Å². The van der Waals surface area contributed by atoms with Crippen LogP contribution in [0.1, 0.15) is 5.69 Å². The summed E-state index contributed by atoms with van der Waals surface area (Å²) in [6.07, 6.45) is 5.74. The molecule has 9 nitrogen and oxygen atoms in total. The fourth-order valence-electron chi connectivity index (χ4n) is 3.76. The standard InChI is InChI=1S/C21H20ClN7O2/c1-28-6-4-14-20(28)25-12-26-21(14)31-17-3-2-13(10-15(17)22)27-19-18-16(23-11-24-19)5-7-29(18)8-9-30/h2-4,6,10-12,30H,5,7-9H2,1H3,(H,23,24,27). The predicted octanol–water partition coefficient (Wildman–Crippen LogP) is 3.30. The van der Waals surface area contributed by atoms with Gasteiger partial charge in [-0.3, -0.25) is 0 Å². The molecule has 2 N–H and O–H groups in total. The molecule has 3 aromatic heterocycles. The summed E-state index contributed by atoms with van der Waals surface area (Å²) in [4.78, 5) is 19.4. The van der Waals surface area contributed by atoms with E-state index in [-0.39, 0.29) is 6.61 Å². The number of nitrogens with one attached hydrogen (secondary N) is 1. The number of halogens is 1. The molecule has 158 valence electrons. The highest BCUT2D eigenvalue weighted by atomic mass is 35.5. The van der Waals surface area contributed by atoms with Crippen molar-refractivity contribution in [1.82, 2.24) is 24.5 Å². The molecular weight excluding hydrogens is 418 g/mol. The molecular formula is C21H20ClN7O2. The van der Waals surface area contributed by atoms with Crippen LogP contribution in [0.5, 0.6) is 11.6 Å². The van der Waals surface area contributed by atoms with E-state index in [9.17, 15) is 5.11 Å². The number of fused-ring (bicyclic) bond motifs is 2. The zero-order valence-electron chi connectivity index (χ0n) is 16.8. The minimum atomic E-state index is 0.0728. The molecule has 0 saturated carbocycles. The van der Waals surface area contributed by atoms with Gasteiger partial charge in [0.1, 0.15) is 29.7 Å². The molecule has 1 aliphatic rings. The number of aromatic nitrogens is 5. The minimum absolute atomic E-state index is 0.0728. The smallest absolute Gasteiger partial charge is 0.231 e. The van der Waals surface area contributed by atoms with Gasteiger partial charge in [-0.1, -0.05) is 11.6 Å². The Morgan fingerprint density at radius 2 is 2.03 bits per heavy atom.